The molecule has 1 aromatic heterocycles. The van der Waals surface area contributed by atoms with Gasteiger partial charge in [0.2, 0.25) is 0 Å². The van der Waals surface area contributed by atoms with Crippen LogP contribution in [-0.2, 0) is 6.42 Å². The highest BCUT2D eigenvalue weighted by Crippen LogP contribution is 2.42. The standard InChI is InChI=1S/C18H22FNO/c1-12(13-5-4-6-14(19)9-13)20-8-7-15-16(20)10-18(2,3)11-17(15)21/h4-9,12,17,21H,10-11H2,1-3H3. The smallest absolute Gasteiger partial charge is 0.123 e. The zero-order valence-electron chi connectivity index (χ0n) is 12.8. The van der Waals surface area contributed by atoms with Crippen LogP contribution in [0.3, 0.4) is 0 Å². The van der Waals surface area contributed by atoms with Crippen LogP contribution in [0.15, 0.2) is 36.5 Å². The molecule has 0 aliphatic heterocycles. The summed E-state index contributed by atoms with van der Waals surface area (Å²) in [5.74, 6) is -0.208. The van der Waals surface area contributed by atoms with E-state index in [1.807, 2.05) is 18.3 Å². The molecular weight excluding hydrogens is 265 g/mol. The molecule has 2 aromatic rings. The fourth-order valence-electron chi connectivity index (χ4n) is 3.44. The summed E-state index contributed by atoms with van der Waals surface area (Å²) in [5, 5.41) is 10.3. The first-order valence-corrected chi connectivity index (χ1v) is 7.50. The predicted molar refractivity (Wildman–Crippen MR) is 81.7 cm³/mol. The summed E-state index contributed by atoms with van der Waals surface area (Å²) in [6.07, 6.45) is 3.35. The first-order chi connectivity index (χ1) is 9.87. The highest BCUT2D eigenvalue weighted by atomic mass is 19.1. The van der Waals surface area contributed by atoms with E-state index >= 15 is 0 Å². The molecule has 1 aliphatic rings. The van der Waals surface area contributed by atoms with Crippen LogP contribution in [0.2, 0.25) is 0 Å². The van der Waals surface area contributed by atoms with E-state index in [1.165, 1.54) is 11.8 Å². The number of benzene rings is 1. The molecule has 0 saturated carbocycles. The molecule has 2 nitrogen and oxygen atoms in total. The second kappa shape index (κ2) is 4.99. The summed E-state index contributed by atoms with van der Waals surface area (Å²) in [6.45, 7) is 6.44. The number of aliphatic hydroxyl groups is 1. The second-order valence-electron chi connectivity index (χ2n) is 6.92. The van der Waals surface area contributed by atoms with E-state index in [9.17, 15) is 9.50 Å². The predicted octanol–water partition coefficient (Wildman–Crippen LogP) is 4.24. The Balaban J connectivity index is 2.01. The first kappa shape index (κ1) is 14.3. The quantitative estimate of drug-likeness (QED) is 0.878. The molecule has 1 N–H and O–H groups in total. The molecule has 0 fully saturated rings. The number of hydrogen-bond donors (Lipinski definition) is 1. The number of nitrogens with zero attached hydrogens (tertiary/aromatic N) is 1. The van der Waals surface area contributed by atoms with Gasteiger partial charge in [-0.2, -0.15) is 0 Å². The van der Waals surface area contributed by atoms with Gasteiger partial charge in [-0.15, -0.1) is 0 Å². The number of aliphatic hydroxyl groups excluding tert-OH is 1. The normalized spacial score (nSPS) is 21.9. The van der Waals surface area contributed by atoms with Crippen LogP contribution >= 0.6 is 0 Å². The Morgan fingerprint density at radius 1 is 1.33 bits per heavy atom. The number of rotatable bonds is 2. The van der Waals surface area contributed by atoms with Crippen molar-refractivity contribution in [1.82, 2.24) is 4.57 Å². The molecule has 3 rings (SSSR count). The van der Waals surface area contributed by atoms with Crippen molar-refractivity contribution in [1.29, 1.82) is 0 Å². The van der Waals surface area contributed by atoms with Gasteiger partial charge in [0.15, 0.2) is 0 Å². The summed E-state index contributed by atoms with van der Waals surface area (Å²) in [5.41, 5.74) is 3.24. The van der Waals surface area contributed by atoms with E-state index in [2.05, 4.69) is 25.3 Å². The topological polar surface area (TPSA) is 25.2 Å². The molecule has 0 amide bonds. The van der Waals surface area contributed by atoms with Crippen LogP contribution < -0.4 is 0 Å². The van der Waals surface area contributed by atoms with E-state index in [4.69, 9.17) is 0 Å². The number of fused-ring (bicyclic) bond motifs is 1. The Morgan fingerprint density at radius 3 is 2.81 bits per heavy atom. The van der Waals surface area contributed by atoms with Gasteiger partial charge in [0.25, 0.3) is 0 Å². The molecule has 112 valence electrons. The Kier molecular flexibility index (Phi) is 3.40. The fourth-order valence-corrected chi connectivity index (χ4v) is 3.44. The van der Waals surface area contributed by atoms with Gasteiger partial charge < -0.3 is 9.67 Å². The van der Waals surface area contributed by atoms with Crippen LogP contribution in [0.4, 0.5) is 4.39 Å². The van der Waals surface area contributed by atoms with Crippen molar-refractivity contribution < 1.29 is 9.50 Å². The minimum atomic E-state index is -0.398. The Morgan fingerprint density at radius 2 is 2.10 bits per heavy atom. The van der Waals surface area contributed by atoms with E-state index < -0.39 is 6.10 Å². The van der Waals surface area contributed by atoms with Crippen LogP contribution in [0.5, 0.6) is 0 Å². The molecule has 21 heavy (non-hydrogen) atoms. The van der Waals surface area contributed by atoms with Crippen LogP contribution in [0, 0.1) is 11.2 Å². The lowest BCUT2D eigenvalue weighted by Crippen LogP contribution is -2.27. The molecular formula is C18H22FNO. The summed E-state index contributed by atoms with van der Waals surface area (Å²) >= 11 is 0. The summed E-state index contributed by atoms with van der Waals surface area (Å²) in [7, 11) is 0. The Bertz CT molecular complexity index is 659. The summed E-state index contributed by atoms with van der Waals surface area (Å²) in [6, 6.07) is 8.81. The summed E-state index contributed by atoms with van der Waals surface area (Å²) in [4.78, 5) is 0. The van der Waals surface area contributed by atoms with Crippen molar-refractivity contribution in [2.24, 2.45) is 5.41 Å². The first-order valence-electron chi connectivity index (χ1n) is 7.50. The molecule has 0 saturated heterocycles. The third-order valence-electron chi connectivity index (χ3n) is 4.56. The molecule has 0 bridgehead atoms. The number of aromatic nitrogens is 1. The van der Waals surface area contributed by atoms with Gasteiger partial charge in [-0.05, 0) is 48.9 Å². The maximum Gasteiger partial charge on any atom is 0.123 e. The van der Waals surface area contributed by atoms with Crippen molar-refractivity contribution >= 4 is 0 Å². The van der Waals surface area contributed by atoms with E-state index in [0.717, 1.165) is 24.0 Å². The lowest BCUT2D eigenvalue weighted by atomic mass is 9.75. The van der Waals surface area contributed by atoms with E-state index in [0.29, 0.717) is 0 Å². The molecule has 1 aromatic carbocycles. The highest BCUT2D eigenvalue weighted by molar-refractivity contribution is 5.32. The van der Waals surface area contributed by atoms with Crippen molar-refractivity contribution in [3.05, 3.63) is 59.2 Å². The highest BCUT2D eigenvalue weighted by Gasteiger charge is 2.33. The Hall–Kier alpha value is -1.61. The maximum absolute atomic E-state index is 13.4. The van der Waals surface area contributed by atoms with E-state index in [1.54, 1.807) is 12.1 Å². The van der Waals surface area contributed by atoms with Crippen LogP contribution in [0.25, 0.3) is 0 Å². The number of hydrogen-bond acceptors (Lipinski definition) is 1. The summed E-state index contributed by atoms with van der Waals surface area (Å²) < 4.78 is 15.6. The van der Waals surface area contributed by atoms with Gasteiger partial charge in [0, 0.05) is 17.5 Å². The van der Waals surface area contributed by atoms with Gasteiger partial charge in [-0.1, -0.05) is 26.0 Å². The molecule has 2 atom stereocenters. The van der Waals surface area contributed by atoms with Crippen LogP contribution in [0.1, 0.15) is 56.2 Å². The molecule has 1 aliphatic carbocycles. The van der Waals surface area contributed by atoms with Crippen molar-refractivity contribution in [2.45, 2.75) is 45.8 Å². The molecule has 0 spiro atoms. The van der Waals surface area contributed by atoms with Gasteiger partial charge in [-0.25, -0.2) is 4.39 Å². The fraction of sp³-hybridized carbons (Fsp3) is 0.444. The zero-order chi connectivity index (χ0) is 15.2. The number of halogens is 1. The average molecular weight is 287 g/mol. The van der Waals surface area contributed by atoms with Crippen molar-refractivity contribution in [3.8, 4) is 0 Å². The Labute approximate surface area is 125 Å². The molecule has 2 unspecified atom stereocenters. The minimum Gasteiger partial charge on any atom is -0.388 e. The largest absolute Gasteiger partial charge is 0.388 e. The maximum atomic E-state index is 13.4. The SMILES string of the molecule is CC(c1cccc(F)c1)n1ccc2c1CC(C)(C)CC2O. The minimum absolute atomic E-state index is 0.0607. The molecule has 3 heteroatoms. The van der Waals surface area contributed by atoms with Gasteiger partial charge in [0.05, 0.1) is 12.1 Å². The monoisotopic (exact) mass is 287 g/mol. The lowest BCUT2D eigenvalue weighted by Gasteiger charge is -2.34. The van der Waals surface area contributed by atoms with Crippen LogP contribution in [-0.4, -0.2) is 9.67 Å². The molecule has 1 heterocycles. The third kappa shape index (κ3) is 2.62. The average Bonchev–Trinajstić information content (AvgIpc) is 2.80. The molecule has 0 radical (unpaired) electrons. The zero-order valence-corrected chi connectivity index (χ0v) is 12.8. The van der Waals surface area contributed by atoms with Crippen molar-refractivity contribution in [2.75, 3.05) is 0 Å². The third-order valence-corrected chi connectivity index (χ3v) is 4.56. The van der Waals surface area contributed by atoms with Gasteiger partial charge in [-0.3, -0.25) is 0 Å². The second-order valence-corrected chi connectivity index (χ2v) is 6.92. The van der Waals surface area contributed by atoms with Crippen molar-refractivity contribution in [3.63, 3.8) is 0 Å². The lowest BCUT2D eigenvalue weighted by molar-refractivity contribution is 0.0977. The van der Waals surface area contributed by atoms with E-state index in [-0.39, 0.29) is 17.3 Å². The van der Waals surface area contributed by atoms with Gasteiger partial charge >= 0.3 is 0 Å². The van der Waals surface area contributed by atoms with Gasteiger partial charge in [0.1, 0.15) is 5.82 Å².